The van der Waals surface area contributed by atoms with E-state index < -0.39 is 0 Å². The average molecular weight is 315 g/mol. The molecule has 0 spiro atoms. The Hall–Kier alpha value is -2.58. The van der Waals surface area contributed by atoms with Crippen molar-refractivity contribution in [2.75, 3.05) is 0 Å². The van der Waals surface area contributed by atoms with Crippen LogP contribution in [0.3, 0.4) is 0 Å². The van der Waals surface area contributed by atoms with Crippen molar-refractivity contribution >= 4 is 21.9 Å². The number of nitrogens with one attached hydrogen (secondary N) is 1. The highest BCUT2D eigenvalue weighted by atomic mass is 28.1. The summed E-state index contributed by atoms with van der Waals surface area (Å²) in [5, 5.41) is 1.28. The minimum Gasteiger partial charge on any atom is -0.361 e. The van der Waals surface area contributed by atoms with Crippen LogP contribution in [0.1, 0.15) is 11.1 Å². The molecule has 4 aromatic rings. The molecule has 0 aliphatic heterocycles. The molecule has 23 heavy (non-hydrogen) atoms. The molecule has 5 rings (SSSR count). The third-order valence-corrected chi connectivity index (χ3v) is 4.17. The van der Waals surface area contributed by atoms with Gasteiger partial charge in [0, 0.05) is 11.7 Å². The van der Waals surface area contributed by atoms with E-state index in [4.69, 9.17) is 0 Å². The Balaban J connectivity index is 0.000000138. The summed E-state index contributed by atoms with van der Waals surface area (Å²) in [6.07, 6.45) is 3.05. The summed E-state index contributed by atoms with van der Waals surface area (Å²) in [6, 6.07) is 27.6. The zero-order chi connectivity index (χ0) is 14.8. The maximum atomic E-state index is 3.12. The fourth-order valence-electron chi connectivity index (χ4n) is 3.07. The van der Waals surface area contributed by atoms with E-state index in [2.05, 4.69) is 71.7 Å². The molecule has 1 nitrogen and oxygen atoms in total. The van der Waals surface area contributed by atoms with Crippen molar-refractivity contribution in [1.82, 2.24) is 4.98 Å². The van der Waals surface area contributed by atoms with Gasteiger partial charge >= 0.3 is 0 Å². The minimum absolute atomic E-state index is 0. The van der Waals surface area contributed by atoms with Gasteiger partial charge in [-0.15, -0.1) is 0 Å². The van der Waals surface area contributed by atoms with E-state index in [1.165, 1.54) is 33.2 Å². The highest BCUT2D eigenvalue weighted by Gasteiger charge is 2.15. The van der Waals surface area contributed by atoms with E-state index in [0.29, 0.717) is 0 Å². The van der Waals surface area contributed by atoms with Crippen LogP contribution in [0.2, 0.25) is 0 Å². The molecule has 1 heterocycles. The zero-order valence-electron chi connectivity index (χ0n) is 12.3. The lowest BCUT2D eigenvalue weighted by molar-refractivity contribution is 1.26. The van der Waals surface area contributed by atoms with Gasteiger partial charge in [0.15, 0.2) is 0 Å². The number of fused-ring (bicyclic) bond motifs is 4. The minimum atomic E-state index is 0. The molecule has 1 aliphatic carbocycles. The van der Waals surface area contributed by atoms with Crippen molar-refractivity contribution in [3.05, 3.63) is 96.2 Å². The first-order valence-electron chi connectivity index (χ1n) is 7.60. The molecule has 114 valence electrons. The number of para-hydroxylation sites is 1. The van der Waals surface area contributed by atoms with E-state index in [0.717, 1.165) is 6.42 Å². The molecule has 0 radical (unpaired) electrons. The number of benzene rings is 3. The van der Waals surface area contributed by atoms with Crippen molar-refractivity contribution < 1.29 is 0 Å². The van der Waals surface area contributed by atoms with Gasteiger partial charge in [-0.3, -0.25) is 0 Å². The Kier molecular flexibility index (Phi) is 4.44. The van der Waals surface area contributed by atoms with Crippen LogP contribution < -0.4 is 0 Å². The smallest absolute Gasteiger partial charge is 0.0453 e. The molecule has 2 heteroatoms. The van der Waals surface area contributed by atoms with E-state index in [1.54, 1.807) is 0 Å². The van der Waals surface area contributed by atoms with Crippen LogP contribution in [0.15, 0.2) is 85.1 Å². The predicted molar refractivity (Wildman–Crippen MR) is 104 cm³/mol. The second-order valence-corrected chi connectivity index (χ2v) is 5.56. The normalized spacial score (nSPS) is 11.0. The summed E-state index contributed by atoms with van der Waals surface area (Å²) in [5.41, 5.74) is 6.96. The van der Waals surface area contributed by atoms with Crippen molar-refractivity contribution in [2.24, 2.45) is 0 Å². The quantitative estimate of drug-likeness (QED) is 0.416. The van der Waals surface area contributed by atoms with Crippen LogP contribution in [0.5, 0.6) is 0 Å². The summed E-state index contributed by atoms with van der Waals surface area (Å²) < 4.78 is 0. The first kappa shape index (κ1) is 15.3. The van der Waals surface area contributed by atoms with E-state index in [1.807, 2.05) is 18.3 Å². The largest absolute Gasteiger partial charge is 0.361 e. The van der Waals surface area contributed by atoms with E-state index >= 15 is 0 Å². The van der Waals surface area contributed by atoms with Crippen molar-refractivity contribution in [1.29, 1.82) is 0 Å². The molecule has 1 N–H and O–H groups in total. The molecule has 1 aliphatic rings. The summed E-state index contributed by atoms with van der Waals surface area (Å²) in [7, 11) is 0. The molecule has 0 fully saturated rings. The fraction of sp³-hybridized carbons (Fsp3) is 0.0476. The fourth-order valence-corrected chi connectivity index (χ4v) is 3.07. The third-order valence-electron chi connectivity index (χ3n) is 4.17. The van der Waals surface area contributed by atoms with Crippen molar-refractivity contribution in [3.63, 3.8) is 0 Å². The first-order chi connectivity index (χ1) is 10.9. The van der Waals surface area contributed by atoms with Gasteiger partial charge in [-0.25, -0.2) is 0 Å². The Morgan fingerprint density at radius 2 is 1.17 bits per heavy atom. The van der Waals surface area contributed by atoms with Crippen LogP contribution in [0.25, 0.3) is 22.0 Å². The molecule has 3 aromatic carbocycles. The highest BCUT2D eigenvalue weighted by Crippen LogP contribution is 2.35. The summed E-state index contributed by atoms with van der Waals surface area (Å²) in [4.78, 5) is 3.12. The lowest BCUT2D eigenvalue weighted by Gasteiger charge is -1.98. The van der Waals surface area contributed by atoms with Crippen LogP contribution in [-0.2, 0) is 6.42 Å². The summed E-state index contributed by atoms with van der Waals surface area (Å²) >= 11 is 0. The van der Waals surface area contributed by atoms with Gasteiger partial charge in [-0.05, 0) is 57.2 Å². The molecular formula is C21H21NSi. The number of hydrogen-bond donors (Lipinski definition) is 1. The average Bonchev–Trinajstić information content (AvgIpc) is 3.19. The summed E-state index contributed by atoms with van der Waals surface area (Å²) in [5.74, 6) is 0. The Labute approximate surface area is 141 Å². The van der Waals surface area contributed by atoms with E-state index in [9.17, 15) is 0 Å². The summed E-state index contributed by atoms with van der Waals surface area (Å²) in [6.45, 7) is 0. The van der Waals surface area contributed by atoms with Gasteiger partial charge in [0.25, 0.3) is 0 Å². The van der Waals surface area contributed by atoms with Crippen molar-refractivity contribution in [3.8, 4) is 11.1 Å². The topological polar surface area (TPSA) is 15.8 Å². The first-order valence-corrected chi connectivity index (χ1v) is 7.60. The van der Waals surface area contributed by atoms with Gasteiger partial charge in [-0.1, -0.05) is 66.7 Å². The van der Waals surface area contributed by atoms with Gasteiger partial charge < -0.3 is 4.98 Å². The molecule has 1 aromatic heterocycles. The number of rotatable bonds is 0. The Morgan fingerprint density at radius 1 is 0.609 bits per heavy atom. The lowest BCUT2D eigenvalue weighted by atomic mass is 10.1. The predicted octanol–water partition coefficient (Wildman–Crippen LogP) is 3.97. The van der Waals surface area contributed by atoms with Crippen LogP contribution in [0.4, 0.5) is 0 Å². The Bertz CT molecular complexity index is 850. The molecule has 0 saturated carbocycles. The highest BCUT2D eigenvalue weighted by molar-refractivity contribution is 5.79. The second-order valence-electron chi connectivity index (χ2n) is 5.56. The van der Waals surface area contributed by atoms with Crippen LogP contribution in [0, 0.1) is 0 Å². The van der Waals surface area contributed by atoms with Crippen LogP contribution >= 0.6 is 0 Å². The zero-order valence-corrected chi connectivity index (χ0v) is 12.3. The van der Waals surface area contributed by atoms with Gasteiger partial charge in [0.2, 0.25) is 0 Å². The van der Waals surface area contributed by atoms with Gasteiger partial charge in [0.05, 0.1) is 0 Å². The third kappa shape index (κ3) is 2.99. The maximum absolute atomic E-state index is 3.12. The van der Waals surface area contributed by atoms with Crippen LogP contribution in [-0.4, -0.2) is 15.9 Å². The molecule has 0 amide bonds. The number of aromatic nitrogens is 1. The van der Waals surface area contributed by atoms with Gasteiger partial charge in [0.1, 0.15) is 0 Å². The van der Waals surface area contributed by atoms with E-state index in [-0.39, 0.29) is 11.0 Å². The standard InChI is InChI=1S/C13H10.C8H7N.H4Si/c1-3-7-12-10(5-1)9-11-6-2-4-8-13(11)12;1-2-4-8-7(3-1)5-6-9-8;/h1-8H,9H2;1-6,9H;1H4. The van der Waals surface area contributed by atoms with Gasteiger partial charge in [-0.2, -0.15) is 0 Å². The number of aromatic amines is 1. The second kappa shape index (κ2) is 6.67. The molecule has 0 unspecified atom stereocenters. The Morgan fingerprint density at radius 3 is 1.83 bits per heavy atom. The number of hydrogen-bond acceptors (Lipinski definition) is 0. The number of H-pyrrole nitrogens is 1. The maximum Gasteiger partial charge on any atom is 0.0453 e. The molecular weight excluding hydrogens is 294 g/mol. The lowest BCUT2D eigenvalue weighted by Crippen LogP contribution is -1.77. The molecule has 0 atom stereocenters. The SMILES string of the molecule is [SiH4].c1ccc2[nH]ccc2c1.c1ccc2c(c1)Cc1ccccc1-2. The molecule has 0 bridgehead atoms. The molecule has 0 saturated heterocycles. The van der Waals surface area contributed by atoms with Crippen molar-refractivity contribution in [2.45, 2.75) is 6.42 Å². The monoisotopic (exact) mass is 315 g/mol.